The molecule has 0 saturated carbocycles. The molecule has 1 aromatic heterocycles. The molecule has 8 heteroatoms. The Kier molecular flexibility index (Phi) is 5.99. The molecule has 2 aliphatic heterocycles. The fraction of sp³-hybridized carbons (Fsp3) is 0.476. The molecule has 2 N–H and O–H groups in total. The van der Waals surface area contributed by atoms with E-state index in [4.69, 9.17) is 17.3 Å². The minimum atomic E-state index is -0.547. The van der Waals surface area contributed by atoms with Crippen molar-refractivity contribution in [1.29, 1.82) is 0 Å². The lowest BCUT2D eigenvalue weighted by molar-refractivity contribution is -0.133. The summed E-state index contributed by atoms with van der Waals surface area (Å²) in [5, 5.41) is 1.09. The second-order valence-corrected chi connectivity index (χ2v) is 9.54. The van der Waals surface area contributed by atoms with E-state index in [9.17, 15) is 4.79 Å². The summed E-state index contributed by atoms with van der Waals surface area (Å²) < 4.78 is 0. The van der Waals surface area contributed by atoms with Crippen LogP contribution in [0.4, 0.5) is 5.82 Å². The number of fused-ring (bicyclic) bond motifs is 1. The van der Waals surface area contributed by atoms with Crippen LogP contribution in [0.2, 0.25) is 5.02 Å². The second-order valence-electron chi connectivity index (χ2n) is 7.77. The van der Waals surface area contributed by atoms with Gasteiger partial charge in [0.1, 0.15) is 12.1 Å². The van der Waals surface area contributed by atoms with Crippen LogP contribution in [0.15, 0.2) is 30.6 Å². The number of carbonyl (C=O) groups excluding carboxylic acids is 1. The number of rotatable bonds is 4. The maximum Gasteiger partial charge on any atom is 0.239 e. The number of carbonyl (C=O) groups is 1. The molecule has 0 spiro atoms. The van der Waals surface area contributed by atoms with Gasteiger partial charge in [-0.15, -0.1) is 11.8 Å². The Hall–Kier alpha value is -1.83. The smallest absolute Gasteiger partial charge is 0.239 e. The molecule has 0 bridgehead atoms. The van der Waals surface area contributed by atoms with Crippen molar-refractivity contribution in [2.45, 2.75) is 43.4 Å². The Bertz CT molecular complexity index is 893. The van der Waals surface area contributed by atoms with E-state index >= 15 is 0 Å². The molecule has 2 aliphatic rings. The minimum absolute atomic E-state index is 0.00305. The van der Waals surface area contributed by atoms with Crippen molar-refractivity contribution in [1.82, 2.24) is 14.9 Å². The van der Waals surface area contributed by atoms with Crippen molar-refractivity contribution >= 4 is 35.1 Å². The molecule has 3 unspecified atom stereocenters. The van der Waals surface area contributed by atoms with Crippen LogP contribution in [0.25, 0.3) is 0 Å². The highest BCUT2D eigenvalue weighted by Gasteiger charge is 2.34. The average molecular weight is 432 g/mol. The zero-order valence-electron chi connectivity index (χ0n) is 16.7. The largest absolute Gasteiger partial charge is 0.350 e. The number of hydrogen-bond acceptors (Lipinski definition) is 6. The number of halogens is 1. The molecule has 29 heavy (non-hydrogen) atoms. The number of benzene rings is 1. The number of amides is 1. The van der Waals surface area contributed by atoms with Gasteiger partial charge in [0.05, 0.1) is 11.7 Å². The lowest BCUT2D eigenvalue weighted by Gasteiger charge is -2.42. The van der Waals surface area contributed by atoms with Gasteiger partial charge in [-0.1, -0.05) is 23.7 Å². The average Bonchev–Trinajstić information content (AvgIpc) is 3.10. The first-order valence-electron chi connectivity index (χ1n) is 9.95. The zero-order valence-corrected chi connectivity index (χ0v) is 18.3. The van der Waals surface area contributed by atoms with Gasteiger partial charge in [-0.3, -0.25) is 4.79 Å². The van der Waals surface area contributed by atoms with E-state index < -0.39 is 6.04 Å². The first kappa shape index (κ1) is 20.4. The molecule has 3 atom stereocenters. The van der Waals surface area contributed by atoms with E-state index in [-0.39, 0.29) is 11.9 Å². The van der Waals surface area contributed by atoms with Crippen molar-refractivity contribution in [2.75, 3.05) is 24.5 Å². The summed E-state index contributed by atoms with van der Waals surface area (Å²) in [6, 6.07) is 7.13. The Labute approximate surface area is 180 Å². The van der Waals surface area contributed by atoms with Gasteiger partial charge >= 0.3 is 0 Å². The third-order valence-corrected chi connectivity index (χ3v) is 7.15. The standard InChI is InChI=1S/C21H26ClN5OS/c1-13-10-26(21(28)17(23)9-15-3-5-16(22)6-4-15)7-8-27(13)20-19-14(2)29-11-18(19)24-12-25-20/h3-6,12-14,17H,7-11,23H2,1-2H3. The first-order valence-corrected chi connectivity index (χ1v) is 11.4. The van der Waals surface area contributed by atoms with Crippen molar-refractivity contribution in [3.63, 3.8) is 0 Å². The second kappa shape index (κ2) is 8.50. The number of thioether (sulfide) groups is 1. The fourth-order valence-electron chi connectivity index (χ4n) is 4.14. The van der Waals surface area contributed by atoms with E-state index in [2.05, 4.69) is 28.7 Å². The third kappa shape index (κ3) is 4.22. The Morgan fingerprint density at radius 3 is 2.76 bits per heavy atom. The molecule has 3 heterocycles. The van der Waals surface area contributed by atoms with Crippen LogP contribution in [0, 0.1) is 0 Å². The highest BCUT2D eigenvalue weighted by molar-refractivity contribution is 7.99. The van der Waals surface area contributed by atoms with Crippen molar-refractivity contribution in [3.05, 3.63) is 52.4 Å². The fourth-order valence-corrected chi connectivity index (χ4v) is 5.31. The van der Waals surface area contributed by atoms with Crippen molar-refractivity contribution in [3.8, 4) is 0 Å². The van der Waals surface area contributed by atoms with E-state index in [0.29, 0.717) is 29.8 Å². The summed E-state index contributed by atoms with van der Waals surface area (Å²) in [6.07, 6.45) is 2.18. The molecule has 1 fully saturated rings. The van der Waals surface area contributed by atoms with Crippen LogP contribution in [0.3, 0.4) is 0 Å². The number of anilines is 1. The quantitative estimate of drug-likeness (QED) is 0.801. The maximum absolute atomic E-state index is 12.9. The normalized spacial score (nSPS) is 22.5. The van der Waals surface area contributed by atoms with Gasteiger partial charge in [0.25, 0.3) is 0 Å². The van der Waals surface area contributed by atoms with Gasteiger partial charge in [0.15, 0.2) is 0 Å². The summed E-state index contributed by atoms with van der Waals surface area (Å²) in [7, 11) is 0. The topological polar surface area (TPSA) is 75.4 Å². The SMILES string of the molecule is CC1SCc2ncnc(N3CCN(C(=O)C(N)Cc4ccc(Cl)cc4)CC3C)c21. The first-order chi connectivity index (χ1) is 13.9. The molecule has 1 saturated heterocycles. The summed E-state index contributed by atoms with van der Waals surface area (Å²) in [5.74, 6) is 1.97. The van der Waals surface area contributed by atoms with Gasteiger partial charge in [0, 0.05) is 47.3 Å². The van der Waals surface area contributed by atoms with Crippen LogP contribution < -0.4 is 10.6 Å². The summed E-state index contributed by atoms with van der Waals surface area (Å²) in [6.45, 7) is 6.40. The molecule has 2 aromatic rings. The number of nitrogens with two attached hydrogens (primary N) is 1. The molecule has 4 rings (SSSR count). The third-order valence-electron chi connectivity index (χ3n) is 5.72. The van der Waals surface area contributed by atoms with Gasteiger partial charge < -0.3 is 15.5 Å². The number of aromatic nitrogens is 2. The molecular formula is C21H26ClN5OS. The van der Waals surface area contributed by atoms with Crippen molar-refractivity contribution in [2.24, 2.45) is 5.73 Å². The highest BCUT2D eigenvalue weighted by atomic mass is 35.5. The monoisotopic (exact) mass is 431 g/mol. The Morgan fingerprint density at radius 1 is 1.28 bits per heavy atom. The molecule has 0 radical (unpaired) electrons. The molecule has 0 aliphatic carbocycles. The molecule has 1 aromatic carbocycles. The minimum Gasteiger partial charge on any atom is -0.350 e. The Morgan fingerprint density at radius 2 is 2.03 bits per heavy atom. The zero-order chi connectivity index (χ0) is 20.5. The van der Waals surface area contributed by atoms with Crippen LogP contribution in [0.1, 0.15) is 35.9 Å². The molecular weight excluding hydrogens is 406 g/mol. The van der Waals surface area contributed by atoms with Gasteiger partial charge in [-0.05, 0) is 38.0 Å². The van der Waals surface area contributed by atoms with Gasteiger partial charge in [-0.2, -0.15) is 0 Å². The molecule has 1 amide bonds. The molecule has 6 nitrogen and oxygen atoms in total. The van der Waals surface area contributed by atoms with E-state index in [1.54, 1.807) is 6.33 Å². The summed E-state index contributed by atoms with van der Waals surface area (Å²) in [5.41, 5.74) is 9.65. The van der Waals surface area contributed by atoms with Crippen LogP contribution >= 0.6 is 23.4 Å². The number of piperazine rings is 1. The number of nitrogens with zero attached hydrogens (tertiary/aromatic N) is 4. The van der Waals surface area contributed by atoms with Crippen molar-refractivity contribution < 1.29 is 4.79 Å². The van der Waals surface area contributed by atoms with Gasteiger partial charge in [0.2, 0.25) is 5.91 Å². The lowest BCUT2D eigenvalue weighted by atomic mass is 10.0. The van der Waals surface area contributed by atoms with E-state index in [1.807, 2.05) is 40.9 Å². The van der Waals surface area contributed by atoms with Crippen LogP contribution in [-0.2, 0) is 17.0 Å². The van der Waals surface area contributed by atoms with E-state index in [0.717, 1.165) is 29.4 Å². The highest BCUT2D eigenvalue weighted by Crippen LogP contribution is 2.44. The molecule has 154 valence electrons. The van der Waals surface area contributed by atoms with Crippen LogP contribution in [-0.4, -0.2) is 52.5 Å². The lowest BCUT2D eigenvalue weighted by Crippen LogP contribution is -2.57. The van der Waals surface area contributed by atoms with Crippen LogP contribution in [0.5, 0.6) is 0 Å². The maximum atomic E-state index is 12.9. The predicted octanol–water partition coefficient (Wildman–Crippen LogP) is 3.04. The van der Waals surface area contributed by atoms with E-state index in [1.165, 1.54) is 5.56 Å². The summed E-state index contributed by atoms with van der Waals surface area (Å²) >= 11 is 7.83. The number of hydrogen-bond donors (Lipinski definition) is 1. The van der Waals surface area contributed by atoms with Gasteiger partial charge in [-0.25, -0.2) is 9.97 Å². The predicted molar refractivity (Wildman–Crippen MR) is 118 cm³/mol. The summed E-state index contributed by atoms with van der Waals surface area (Å²) in [4.78, 5) is 26.2. The Balaban J connectivity index is 1.42.